The van der Waals surface area contributed by atoms with Gasteiger partial charge in [0.2, 0.25) is 6.08 Å². The molecule has 0 aromatic carbocycles. The monoisotopic (exact) mass is 111 g/mol. The molecule has 0 rings (SSSR count). The zero-order valence-electron chi connectivity index (χ0n) is 2.56. The second kappa shape index (κ2) is 2.88. The molecule has 0 aromatic heterocycles. The fourth-order valence-corrected chi connectivity index (χ4v) is 0.0926. The summed E-state index contributed by atoms with van der Waals surface area (Å²) in [6.45, 7) is 0. The van der Waals surface area contributed by atoms with Crippen LogP contribution in [0.3, 0.4) is 0 Å². The first-order valence-electron chi connectivity index (χ1n) is 0.966. The standard InChI is InChI=1S/CF2NOP/c2-6(3)4-1-5. The highest BCUT2D eigenvalue weighted by molar-refractivity contribution is 7.44. The molecule has 0 aromatic rings. The van der Waals surface area contributed by atoms with Crippen molar-refractivity contribution >= 4 is 14.8 Å². The van der Waals surface area contributed by atoms with Crippen LogP contribution in [0, 0.1) is 0 Å². The molecule has 0 saturated heterocycles. The maximum Gasteiger partial charge on any atom is 0.403 e. The van der Waals surface area contributed by atoms with Crippen LogP contribution in [0.25, 0.3) is 0 Å². The summed E-state index contributed by atoms with van der Waals surface area (Å²) < 4.78 is 23.4. The first kappa shape index (κ1) is 5.67. The van der Waals surface area contributed by atoms with Crippen molar-refractivity contribution in [1.29, 1.82) is 0 Å². The average molecular weight is 111 g/mol. The lowest BCUT2D eigenvalue weighted by atomic mass is 11.7. The molecule has 0 radical (unpaired) electrons. The van der Waals surface area contributed by atoms with Crippen LogP contribution in [-0.2, 0) is 4.79 Å². The van der Waals surface area contributed by atoms with Gasteiger partial charge in [-0.1, -0.05) is 0 Å². The molecule has 0 unspecified atom stereocenters. The Balaban J connectivity index is 3.29. The summed E-state index contributed by atoms with van der Waals surface area (Å²) in [6, 6.07) is 0. The van der Waals surface area contributed by atoms with Crippen LogP contribution in [0.5, 0.6) is 0 Å². The first-order chi connectivity index (χ1) is 2.77. The van der Waals surface area contributed by atoms with Gasteiger partial charge in [-0.25, -0.2) is 4.79 Å². The summed E-state index contributed by atoms with van der Waals surface area (Å²) >= 11 is 0. The molecule has 0 aliphatic heterocycles. The minimum Gasteiger partial charge on any atom is -0.211 e. The molecule has 0 saturated carbocycles. The Morgan fingerprint density at radius 3 is 2.17 bits per heavy atom. The van der Waals surface area contributed by atoms with Gasteiger partial charge in [-0.15, -0.1) is 4.76 Å². The Hall–Kier alpha value is -0.330. The first-order valence-corrected chi connectivity index (χ1v) is 2.04. The summed E-state index contributed by atoms with van der Waals surface area (Å²) in [5, 5.41) is 0. The van der Waals surface area contributed by atoms with E-state index in [1.807, 2.05) is 0 Å². The number of halogens is 2. The quantitative estimate of drug-likeness (QED) is 0.286. The third-order valence-electron chi connectivity index (χ3n) is 0.116. The van der Waals surface area contributed by atoms with Gasteiger partial charge >= 0.3 is 8.69 Å². The molecule has 2 nitrogen and oxygen atoms in total. The van der Waals surface area contributed by atoms with E-state index in [0.717, 1.165) is 6.08 Å². The lowest BCUT2D eigenvalue weighted by molar-refractivity contribution is 0.565. The van der Waals surface area contributed by atoms with E-state index in [-0.39, 0.29) is 0 Å². The van der Waals surface area contributed by atoms with Gasteiger partial charge in [-0.3, -0.25) is 0 Å². The highest BCUT2D eigenvalue weighted by atomic mass is 31.2. The van der Waals surface area contributed by atoms with Crippen molar-refractivity contribution in [2.45, 2.75) is 0 Å². The fraction of sp³-hybridized carbons (Fsp3) is 0. The van der Waals surface area contributed by atoms with E-state index in [4.69, 9.17) is 4.79 Å². The summed E-state index contributed by atoms with van der Waals surface area (Å²) in [7, 11) is -3.40. The molecule has 0 N–H and O–H groups in total. The Labute approximate surface area is 33.9 Å². The normalized spacial score (nSPS) is 7.83. The molecule has 0 spiro atoms. The van der Waals surface area contributed by atoms with Gasteiger partial charge in [0.25, 0.3) is 0 Å². The molecular weight excluding hydrogens is 111 g/mol. The Morgan fingerprint density at radius 2 is 2.17 bits per heavy atom. The summed E-state index contributed by atoms with van der Waals surface area (Å²) in [4.78, 5) is 8.86. The fourth-order valence-electron chi connectivity index (χ4n) is 0.0309. The zero-order valence-corrected chi connectivity index (χ0v) is 3.45. The van der Waals surface area contributed by atoms with E-state index in [9.17, 15) is 8.39 Å². The largest absolute Gasteiger partial charge is 0.403 e. The number of rotatable bonds is 1. The minimum absolute atomic E-state index is 0.721. The minimum atomic E-state index is -3.40. The number of carbonyl (C=O) groups excluding carboxylic acids is 1. The molecule has 0 aliphatic rings. The number of hydrogen-bond acceptors (Lipinski definition) is 2. The Bertz CT molecular complexity index is 77.6. The highest BCUT2D eigenvalue weighted by Gasteiger charge is 1.94. The lowest BCUT2D eigenvalue weighted by Gasteiger charge is -1.69. The maximum absolute atomic E-state index is 10.7. The number of nitrogens with zero attached hydrogens (tertiary/aromatic N) is 1. The molecule has 0 amide bonds. The van der Waals surface area contributed by atoms with Crippen LogP contribution in [0.15, 0.2) is 4.76 Å². The lowest BCUT2D eigenvalue weighted by Crippen LogP contribution is -1.39. The van der Waals surface area contributed by atoms with Crippen LogP contribution in [0.1, 0.15) is 0 Å². The Kier molecular flexibility index (Phi) is 2.73. The second-order valence-corrected chi connectivity index (χ2v) is 1.04. The number of hydrogen-bond donors (Lipinski definition) is 0. The maximum atomic E-state index is 10.7. The second-order valence-electron chi connectivity index (χ2n) is 0.406. The average Bonchev–Trinajstić information content (AvgIpc) is 1.35. The van der Waals surface area contributed by atoms with E-state index < -0.39 is 8.69 Å². The van der Waals surface area contributed by atoms with Crippen LogP contribution < -0.4 is 0 Å². The van der Waals surface area contributed by atoms with Crippen LogP contribution >= 0.6 is 8.69 Å². The molecule has 0 atom stereocenters. The summed E-state index contributed by atoms with van der Waals surface area (Å²) in [5.41, 5.74) is 0. The smallest absolute Gasteiger partial charge is 0.211 e. The molecule has 0 fully saturated rings. The van der Waals surface area contributed by atoms with Gasteiger partial charge in [0, 0.05) is 0 Å². The molecule has 34 valence electrons. The molecule has 6 heavy (non-hydrogen) atoms. The van der Waals surface area contributed by atoms with Gasteiger partial charge in [0.05, 0.1) is 0 Å². The van der Waals surface area contributed by atoms with E-state index in [0.29, 0.717) is 0 Å². The summed E-state index contributed by atoms with van der Waals surface area (Å²) in [6.07, 6.45) is 0.721. The molecule has 0 heterocycles. The van der Waals surface area contributed by atoms with Gasteiger partial charge in [-0.2, -0.15) is 8.39 Å². The van der Waals surface area contributed by atoms with Crippen molar-refractivity contribution in [1.82, 2.24) is 0 Å². The summed E-state index contributed by atoms with van der Waals surface area (Å²) in [5.74, 6) is 0. The third-order valence-corrected chi connectivity index (χ3v) is 0.349. The van der Waals surface area contributed by atoms with Crippen molar-refractivity contribution in [2.75, 3.05) is 0 Å². The van der Waals surface area contributed by atoms with Crippen LogP contribution in [-0.4, -0.2) is 6.08 Å². The third kappa shape index (κ3) is 3.67. The zero-order chi connectivity index (χ0) is 4.99. The van der Waals surface area contributed by atoms with E-state index in [1.54, 1.807) is 0 Å². The molecule has 0 aliphatic carbocycles. The topological polar surface area (TPSA) is 29.4 Å². The molecular formula is CF2NOP. The number of isocyanates is 1. The van der Waals surface area contributed by atoms with Crippen molar-refractivity contribution in [3.8, 4) is 0 Å². The molecule has 5 heteroatoms. The molecule has 0 bridgehead atoms. The van der Waals surface area contributed by atoms with Gasteiger partial charge in [-0.05, 0) is 0 Å². The predicted molar refractivity (Wildman–Crippen MR) is 17.3 cm³/mol. The van der Waals surface area contributed by atoms with Crippen molar-refractivity contribution in [2.24, 2.45) is 4.76 Å². The van der Waals surface area contributed by atoms with E-state index in [1.165, 1.54) is 0 Å². The van der Waals surface area contributed by atoms with Crippen LogP contribution in [0.4, 0.5) is 8.39 Å². The van der Waals surface area contributed by atoms with E-state index >= 15 is 0 Å². The SMILES string of the molecule is O=C=NP(F)F. The van der Waals surface area contributed by atoms with Gasteiger partial charge < -0.3 is 0 Å². The predicted octanol–water partition coefficient (Wildman–Crippen LogP) is 1.49. The van der Waals surface area contributed by atoms with Crippen molar-refractivity contribution in [3.63, 3.8) is 0 Å². The van der Waals surface area contributed by atoms with Crippen LogP contribution in [0.2, 0.25) is 0 Å². The van der Waals surface area contributed by atoms with Crippen molar-refractivity contribution in [3.05, 3.63) is 0 Å². The highest BCUT2D eigenvalue weighted by Crippen LogP contribution is 2.38. The Morgan fingerprint density at radius 1 is 1.67 bits per heavy atom. The van der Waals surface area contributed by atoms with Gasteiger partial charge in [0.1, 0.15) is 0 Å². The van der Waals surface area contributed by atoms with Crippen molar-refractivity contribution < 1.29 is 13.2 Å². The van der Waals surface area contributed by atoms with Gasteiger partial charge in [0.15, 0.2) is 0 Å². The van der Waals surface area contributed by atoms with E-state index in [2.05, 4.69) is 4.76 Å².